The Morgan fingerprint density at radius 1 is 1.00 bits per heavy atom. The molecule has 0 atom stereocenters. The topological polar surface area (TPSA) is 102 Å². The molecule has 27 heavy (non-hydrogen) atoms. The zero-order valence-corrected chi connectivity index (χ0v) is 15.6. The van der Waals surface area contributed by atoms with Crippen molar-refractivity contribution < 1.29 is 13.3 Å². The maximum Gasteiger partial charge on any atom is 0.269 e. The van der Waals surface area contributed by atoms with Crippen LogP contribution in [0.25, 0.3) is 0 Å². The van der Waals surface area contributed by atoms with Crippen molar-refractivity contribution in [2.45, 2.75) is 43.0 Å². The molecule has 2 aromatic rings. The Bertz CT molecular complexity index is 916. The predicted molar refractivity (Wildman–Crippen MR) is 104 cm³/mol. The van der Waals surface area contributed by atoms with Crippen LogP contribution in [-0.2, 0) is 10.0 Å². The van der Waals surface area contributed by atoms with Gasteiger partial charge in [-0.3, -0.25) is 15.1 Å². The van der Waals surface area contributed by atoms with Crippen molar-refractivity contribution in [1.82, 2.24) is 4.72 Å². The highest BCUT2D eigenvalue weighted by atomic mass is 32.2. The lowest BCUT2D eigenvalue weighted by Gasteiger charge is -2.22. The second kappa shape index (κ2) is 8.41. The first-order chi connectivity index (χ1) is 12.9. The number of hydrogen-bond acceptors (Lipinski definition) is 5. The van der Waals surface area contributed by atoms with Crippen LogP contribution in [-0.4, -0.2) is 25.6 Å². The van der Waals surface area contributed by atoms with Crippen molar-refractivity contribution >= 4 is 27.6 Å². The summed E-state index contributed by atoms with van der Waals surface area (Å²) in [5, 5.41) is 10.6. The Morgan fingerprint density at radius 3 is 2.22 bits per heavy atom. The summed E-state index contributed by atoms with van der Waals surface area (Å²) in [7, 11) is -3.52. The van der Waals surface area contributed by atoms with Gasteiger partial charge >= 0.3 is 0 Å². The maximum absolute atomic E-state index is 12.5. The van der Waals surface area contributed by atoms with Crippen LogP contribution in [0.5, 0.6) is 0 Å². The number of nitrogens with one attached hydrogen (secondary N) is 1. The summed E-state index contributed by atoms with van der Waals surface area (Å²) in [6, 6.07) is 12.4. The second-order valence-corrected chi connectivity index (χ2v) is 8.27. The predicted octanol–water partition coefficient (Wildman–Crippen LogP) is 3.96. The molecule has 3 rings (SSSR count). The van der Waals surface area contributed by atoms with Crippen LogP contribution < -0.4 is 4.72 Å². The van der Waals surface area contributed by atoms with E-state index < -0.39 is 14.9 Å². The molecular formula is C19H21N3O4S. The van der Waals surface area contributed by atoms with Crippen LogP contribution in [0, 0.1) is 10.1 Å². The molecule has 0 unspecified atom stereocenters. The monoisotopic (exact) mass is 387 g/mol. The summed E-state index contributed by atoms with van der Waals surface area (Å²) in [5.41, 5.74) is 1.34. The van der Waals surface area contributed by atoms with E-state index in [0.717, 1.165) is 31.2 Å². The third-order valence-corrected chi connectivity index (χ3v) is 6.08. The molecule has 0 aromatic heterocycles. The van der Waals surface area contributed by atoms with E-state index >= 15 is 0 Å². The molecule has 0 aliphatic heterocycles. The second-order valence-electron chi connectivity index (χ2n) is 6.56. The molecule has 0 spiro atoms. The van der Waals surface area contributed by atoms with Gasteiger partial charge in [0.05, 0.1) is 15.5 Å². The minimum Gasteiger partial charge on any atom is -0.258 e. The molecule has 0 heterocycles. The number of rotatable bonds is 6. The van der Waals surface area contributed by atoms with Gasteiger partial charge in [-0.2, -0.15) is 0 Å². The minimum absolute atomic E-state index is 0.0172. The van der Waals surface area contributed by atoms with Gasteiger partial charge in [0.2, 0.25) is 10.0 Å². The number of hydrogen-bond donors (Lipinski definition) is 1. The molecule has 8 heteroatoms. The number of nitro groups is 1. The van der Waals surface area contributed by atoms with E-state index in [-0.39, 0.29) is 16.6 Å². The first-order valence-corrected chi connectivity index (χ1v) is 10.3. The summed E-state index contributed by atoms with van der Waals surface area (Å²) in [5.74, 6) is 0. The van der Waals surface area contributed by atoms with Gasteiger partial charge in [-0.15, -0.1) is 0 Å². The van der Waals surface area contributed by atoms with Crippen molar-refractivity contribution in [3.8, 4) is 0 Å². The molecular weight excluding hydrogens is 366 g/mol. The zero-order chi connectivity index (χ0) is 19.3. The smallest absolute Gasteiger partial charge is 0.258 e. The van der Waals surface area contributed by atoms with E-state index in [1.807, 2.05) is 0 Å². The summed E-state index contributed by atoms with van der Waals surface area (Å²) < 4.78 is 27.7. The fraction of sp³-hybridized carbons (Fsp3) is 0.316. The van der Waals surface area contributed by atoms with E-state index in [0.29, 0.717) is 5.69 Å². The van der Waals surface area contributed by atoms with Gasteiger partial charge in [-0.25, -0.2) is 13.1 Å². The Balaban J connectivity index is 1.66. The van der Waals surface area contributed by atoms with Gasteiger partial charge in [0, 0.05) is 24.4 Å². The normalized spacial score (nSPS) is 15.9. The molecule has 0 saturated heterocycles. The summed E-state index contributed by atoms with van der Waals surface area (Å²) in [4.78, 5) is 14.7. The van der Waals surface area contributed by atoms with Crippen molar-refractivity contribution in [3.63, 3.8) is 0 Å². The van der Waals surface area contributed by atoms with Crippen LogP contribution in [0.15, 0.2) is 58.4 Å². The first-order valence-electron chi connectivity index (χ1n) is 8.85. The average Bonchev–Trinajstić information content (AvgIpc) is 2.67. The standard InChI is InChI=1S/C19H21N3O4S/c23-22(24)18-10-6-15(7-11-18)14-20-16-8-12-19(13-9-16)27(25,26)21-17-4-2-1-3-5-17/h6-14,17,21H,1-5H2. The third-order valence-electron chi connectivity index (χ3n) is 4.54. The lowest BCUT2D eigenvalue weighted by Crippen LogP contribution is -2.36. The van der Waals surface area contributed by atoms with Gasteiger partial charge in [0.15, 0.2) is 0 Å². The number of non-ortho nitro benzene ring substituents is 1. The molecule has 142 valence electrons. The molecule has 1 N–H and O–H groups in total. The van der Waals surface area contributed by atoms with Gasteiger partial charge in [-0.05, 0) is 54.8 Å². The Labute approximate surface area is 158 Å². The zero-order valence-electron chi connectivity index (χ0n) is 14.7. The SMILES string of the molecule is O=[N+]([O-])c1ccc(C=Nc2ccc(S(=O)(=O)NC3CCCCC3)cc2)cc1. The lowest BCUT2D eigenvalue weighted by atomic mass is 9.96. The van der Waals surface area contributed by atoms with E-state index in [1.54, 1.807) is 30.5 Å². The Hall–Kier alpha value is -2.58. The molecule has 1 saturated carbocycles. The van der Waals surface area contributed by atoms with Gasteiger partial charge in [-0.1, -0.05) is 19.3 Å². The number of sulfonamides is 1. The first kappa shape index (κ1) is 19.2. The molecule has 1 aliphatic carbocycles. The van der Waals surface area contributed by atoms with Gasteiger partial charge in [0.1, 0.15) is 0 Å². The minimum atomic E-state index is -3.52. The number of nitro benzene ring substituents is 1. The molecule has 1 aliphatic rings. The fourth-order valence-electron chi connectivity index (χ4n) is 3.05. The number of benzene rings is 2. The third kappa shape index (κ3) is 5.21. The lowest BCUT2D eigenvalue weighted by molar-refractivity contribution is -0.384. The van der Waals surface area contributed by atoms with Crippen LogP contribution in [0.2, 0.25) is 0 Å². The van der Waals surface area contributed by atoms with E-state index in [1.165, 1.54) is 30.7 Å². The summed E-state index contributed by atoms with van der Waals surface area (Å²) in [6.07, 6.45) is 6.63. The molecule has 0 radical (unpaired) electrons. The molecule has 0 amide bonds. The molecule has 1 fully saturated rings. The largest absolute Gasteiger partial charge is 0.269 e. The number of aliphatic imine (C=N–C) groups is 1. The number of nitrogens with zero attached hydrogens (tertiary/aromatic N) is 2. The van der Waals surface area contributed by atoms with Crippen molar-refractivity contribution in [3.05, 3.63) is 64.2 Å². The van der Waals surface area contributed by atoms with Crippen LogP contribution >= 0.6 is 0 Å². The average molecular weight is 387 g/mol. The van der Waals surface area contributed by atoms with E-state index in [9.17, 15) is 18.5 Å². The van der Waals surface area contributed by atoms with Crippen molar-refractivity contribution in [1.29, 1.82) is 0 Å². The fourth-order valence-corrected chi connectivity index (χ4v) is 4.36. The molecule has 2 aromatic carbocycles. The highest BCUT2D eigenvalue weighted by Gasteiger charge is 2.21. The van der Waals surface area contributed by atoms with Gasteiger partial charge < -0.3 is 0 Å². The van der Waals surface area contributed by atoms with E-state index in [4.69, 9.17) is 0 Å². The van der Waals surface area contributed by atoms with Crippen molar-refractivity contribution in [2.75, 3.05) is 0 Å². The quantitative estimate of drug-likeness (QED) is 0.460. The highest BCUT2D eigenvalue weighted by molar-refractivity contribution is 7.89. The molecule has 7 nitrogen and oxygen atoms in total. The Morgan fingerprint density at radius 2 is 1.63 bits per heavy atom. The summed E-state index contributed by atoms with van der Waals surface area (Å²) >= 11 is 0. The highest BCUT2D eigenvalue weighted by Crippen LogP contribution is 2.21. The van der Waals surface area contributed by atoms with Crippen molar-refractivity contribution in [2.24, 2.45) is 4.99 Å². The Kier molecular flexibility index (Phi) is 5.98. The van der Waals surface area contributed by atoms with Crippen LogP contribution in [0.4, 0.5) is 11.4 Å². The maximum atomic E-state index is 12.5. The van der Waals surface area contributed by atoms with Crippen LogP contribution in [0.3, 0.4) is 0 Å². The molecule has 0 bridgehead atoms. The van der Waals surface area contributed by atoms with Crippen LogP contribution in [0.1, 0.15) is 37.7 Å². The van der Waals surface area contributed by atoms with Gasteiger partial charge in [0.25, 0.3) is 5.69 Å². The summed E-state index contributed by atoms with van der Waals surface area (Å²) in [6.45, 7) is 0. The van der Waals surface area contributed by atoms with E-state index in [2.05, 4.69) is 9.71 Å².